The van der Waals surface area contributed by atoms with Gasteiger partial charge < -0.3 is 20.0 Å². The van der Waals surface area contributed by atoms with Crippen molar-refractivity contribution in [1.29, 1.82) is 0 Å². The van der Waals surface area contributed by atoms with Gasteiger partial charge in [0.25, 0.3) is 0 Å². The van der Waals surface area contributed by atoms with Gasteiger partial charge in [0, 0.05) is 23.1 Å². The average Bonchev–Trinajstić information content (AvgIpc) is 3.50. The molecular weight excluding hydrogens is 454 g/mol. The van der Waals surface area contributed by atoms with Gasteiger partial charge in [0.15, 0.2) is 4.34 Å². The Bertz CT molecular complexity index is 1150. The van der Waals surface area contributed by atoms with Gasteiger partial charge in [-0.1, -0.05) is 41.3 Å². The average molecular weight is 480 g/mol. The molecule has 0 radical (unpaired) electrons. The van der Waals surface area contributed by atoms with Crippen LogP contribution in [0.15, 0.2) is 81.8 Å². The molecule has 0 saturated heterocycles. The highest BCUT2D eigenvalue weighted by Gasteiger charge is 2.20. The summed E-state index contributed by atoms with van der Waals surface area (Å²) < 4.78 is 6.05. The van der Waals surface area contributed by atoms with Crippen LogP contribution in [0.2, 0.25) is 0 Å². The highest BCUT2D eigenvalue weighted by Crippen LogP contribution is 2.28. The fraction of sp³-hybridized carbons (Fsp3) is 0.208. The molecule has 0 aliphatic heterocycles. The zero-order valence-corrected chi connectivity index (χ0v) is 20.0. The third-order valence-corrected chi connectivity index (χ3v) is 6.71. The van der Waals surface area contributed by atoms with Crippen LogP contribution in [0.25, 0.3) is 0 Å². The SMILES string of the molecule is CC(C)N(C(=O)CSc1nnc(NCc2ccco2)s1)c1ccc(Nc2ccccc2)cc1. The topological polar surface area (TPSA) is 83.3 Å². The maximum absolute atomic E-state index is 13.0. The Kier molecular flexibility index (Phi) is 7.64. The van der Waals surface area contributed by atoms with Gasteiger partial charge in [-0.2, -0.15) is 0 Å². The fourth-order valence-corrected chi connectivity index (χ4v) is 4.84. The smallest absolute Gasteiger partial charge is 0.237 e. The molecule has 0 fully saturated rings. The molecule has 0 bridgehead atoms. The number of carbonyl (C=O) groups excluding carboxylic acids is 1. The van der Waals surface area contributed by atoms with Gasteiger partial charge in [-0.3, -0.25) is 4.79 Å². The molecule has 0 aliphatic rings. The molecular formula is C24H25N5O2S2. The van der Waals surface area contributed by atoms with E-state index in [9.17, 15) is 4.79 Å². The second kappa shape index (κ2) is 11.0. The lowest BCUT2D eigenvalue weighted by atomic mass is 10.2. The molecule has 170 valence electrons. The molecule has 33 heavy (non-hydrogen) atoms. The number of para-hydroxylation sites is 1. The first kappa shape index (κ1) is 22.9. The second-order valence-electron chi connectivity index (χ2n) is 7.49. The van der Waals surface area contributed by atoms with Crippen LogP contribution in [-0.4, -0.2) is 27.9 Å². The summed E-state index contributed by atoms with van der Waals surface area (Å²) in [5.41, 5.74) is 2.86. The summed E-state index contributed by atoms with van der Waals surface area (Å²) in [5.74, 6) is 1.14. The number of nitrogens with zero attached hydrogens (tertiary/aromatic N) is 3. The van der Waals surface area contributed by atoms with Crippen LogP contribution in [0.3, 0.4) is 0 Å². The maximum Gasteiger partial charge on any atom is 0.237 e. The van der Waals surface area contributed by atoms with Crippen LogP contribution in [0, 0.1) is 0 Å². The first-order valence-electron chi connectivity index (χ1n) is 10.6. The van der Waals surface area contributed by atoms with Gasteiger partial charge in [0.1, 0.15) is 5.76 Å². The maximum atomic E-state index is 13.0. The minimum absolute atomic E-state index is 0.0269. The van der Waals surface area contributed by atoms with Crippen LogP contribution in [0.4, 0.5) is 22.2 Å². The Balaban J connectivity index is 1.33. The highest BCUT2D eigenvalue weighted by atomic mass is 32.2. The van der Waals surface area contributed by atoms with Crippen molar-refractivity contribution in [2.24, 2.45) is 0 Å². The van der Waals surface area contributed by atoms with E-state index in [0.29, 0.717) is 11.7 Å². The number of hydrogen-bond donors (Lipinski definition) is 2. The zero-order valence-electron chi connectivity index (χ0n) is 18.4. The molecule has 0 saturated carbocycles. The number of amides is 1. The number of carbonyl (C=O) groups is 1. The van der Waals surface area contributed by atoms with Gasteiger partial charge in [-0.15, -0.1) is 10.2 Å². The van der Waals surface area contributed by atoms with E-state index >= 15 is 0 Å². The Labute approximate surface area is 201 Å². The van der Waals surface area contributed by atoms with Gasteiger partial charge >= 0.3 is 0 Å². The number of rotatable bonds is 10. The van der Waals surface area contributed by atoms with Crippen molar-refractivity contribution in [3.05, 3.63) is 78.8 Å². The number of benzene rings is 2. The van der Waals surface area contributed by atoms with Crippen molar-refractivity contribution < 1.29 is 9.21 Å². The molecule has 1 amide bonds. The van der Waals surface area contributed by atoms with Crippen LogP contribution < -0.4 is 15.5 Å². The van der Waals surface area contributed by atoms with Crippen molar-refractivity contribution in [1.82, 2.24) is 10.2 Å². The Morgan fingerprint density at radius 3 is 2.48 bits per heavy atom. The first-order chi connectivity index (χ1) is 16.1. The number of anilines is 4. The lowest BCUT2D eigenvalue weighted by Crippen LogP contribution is -2.38. The summed E-state index contributed by atoms with van der Waals surface area (Å²) >= 11 is 2.82. The van der Waals surface area contributed by atoms with E-state index < -0.39 is 0 Å². The molecule has 7 nitrogen and oxygen atoms in total. The summed E-state index contributed by atoms with van der Waals surface area (Å²) in [4.78, 5) is 14.9. The van der Waals surface area contributed by atoms with E-state index in [1.165, 1.54) is 23.1 Å². The van der Waals surface area contributed by atoms with Crippen LogP contribution in [0.1, 0.15) is 19.6 Å². The summed E-state index contributed by atoms with van der Waals surface area (Å²) in [7, 11) is 0. The van der Waals surface area contributed by atoms with Crippen molar-refractivity contribution in [2.45, 2.75) is 30.8 Å². The van der Waals surface area contributed by atoms with Crippen LogP contribution in [-0.2, 0) is 11.3 Å². The van der Waals surface area contributed by atoms with E-state index in [4.69, 9.17) is 4.42 Å². The molecule has 9 heteroatoms. The minimum Gasteiger partial charge on any atom is -0.467 e. The molecule has 2 heterocycles. The number of thioether (sulfide) groups is 1. The van der Waals surface area contributed by atoms with E-state index in [0.717, 1.165) is 27.2 Å². The predicted molar refractivity (Wildman–Crippen MR) is 135 cm³/mol. The third-order valence-electron chi connectivity index (χ3n) is 4.71. The normalized spacial score (nSPS) is 10.9. The van der Waals surface area contributed by atoms with Crippen molar-refractivity contribution >= 4 is 51.2 Å². The van der Waals surface area contributed by atoms with E-state index in [1.807, 2.05) is 85.5 Å². The van der Waals surface area contributed by atoms with Crippen molar-refractivity contribution in [3.8, 4) is 0 Å². The Morgan fingerprint density at radius 2 is 1.79 bits per heavy atom. The van der Waals surface area contributed by atoms with E-state index in [1.54, 1.807) is 6.26 Å². The molecule has 0 aliphatic carbocycles. The summed E-state index contributed by atoms with van der Waals surface area (Å²) in [6, 6.07) is 21.7. The fourth-order valence-electron chi connectivity index (χ4n) is 3.23. The number of aromatic nitrogens is 2. The van der Waals surface area contributed by atoms with Gasteiger partial charge in [-0.05, 0) is 62.4 Å². The van der Waals surface area contributed by atoms with Gasteiger partial charge in [0.2, 0.25) is 11.0 Å². The van der Waals surface area contributed by atoms with Crippen molar-refractivity contribution in [3.63, 3.8) is 0 Å². The number of furan rings is 1. The molecule has 0 unspecified atom stereocenters. The summed E-state index contributed by atoms with van der Waals surface area (Å²) in [6.45, 7) is 4.57. The molecule has 0 spiro atoms. The quantitative estimate of drug-likeness (QED) is 0.269. The molecule has 2 N–H and O–H groups in total. The predicted octanol–water partition coefficient (Wildman–Crippen LogP) is 6.02. The van der Waals surface area contributed by atoms with Crippen LogP contribution in [0.5, 0.6) is 0 Å². The minimum atomic E-state index is 0.0269. The molecule has 2 aromatic heterocycles. The van der Waals surface area contributed by atoms with E-state index in [-0.39, 0.29) is 17.7 Å². The Morgan fingerprint density at radius 1 is 1.03 bits per heavy atom. The lowest BCUT2D eigenvalue weighted by molar-refractivity contribution is -0.116. The summed E-state index contributed by atoms with van der Waals surface area (Å²) in [6.07, 6.45) is 1.64. The van der Waals surface area contributed by atoms with E-state index in [2.05, 4.69) is 20.8 Å². The number of nitrogens with one attached hydrogen (secondary N) is 2. The number of hydrogen-bond acceptors (Lipinski definition) is 8. The lowest BCUT2D eigenvalue weighted by Gasteiger charge is -2.27. The molecule has 2 aromatic carbocycles. The highest BCUT2D eigenvalue weighted by molar-refractivity contribution is 8.01. The zero-order chi connectivity index (χ0) is 23.0. The Hall–Kier alpha value is -3.30. The first-order valence-corrected chi connectivity index (χ1v) is 12.4. The standard InChI is InChI=1S/C24H25N5O2S2/c1-17(2)29(20-12-10-19(11-13-20)26-18-7-4-3-5-8-18)22(30)16-32-24-28-27-23(33-24)25-15-21-9-6-14-31-21/h3-14,17,26H,15-16H2,1-2H3,(H,25,27). The van der Waals surface area contributed by atoms with Crippen molar-refractivity contribution in [2.75, 3.05) is 21.3 Å². The van der Waals surface area contributed by atoms with Gasteiger partial charge in [-0.25, -0.2) is 0 Å². The molecule has 4 rings (SSSR count). The molecule has 0 atom stereocenters. The summed E-state index contributed by atoms with van der Waals surface area (Å²) in [5, 5.41) is 15.6. The van der Waals surface area contributed by atoms with Gasteiger partial charge in [0.05, 0.1) is 18.6 Å². The molecule has 4 aromatic rings. The second-order valence-corrected chi connectivity index (χ2v) is 9.69. The monoisotopic (exact) mass is 479 g/mol. The van der Waals surface area contributed by atoms with Crippen LogP contribution >= 0.6 is 23.1 Å². The third kappa shape index (κ3) is 6.36. The largest absolute Gasteiger partial charge is 0.467 e.